The molecular weight excluding hydrogens is 333 g/mol. The highest BCUT2D eigenvalue weighted by molar-refractivity contribution is 5.94. The highest BCUT2D eigenvalue weighted by atomic mass is 19.1. The summed E-state index contributed by atoms with van der Waals surface area (Å²) in [5, 5.41) is 8.90. The Kier molecular flexibility index (Phi) is 4.25. The number of hydrogen-bond acceptors (Lipinski definition) is 5. The van der Waals surface area contributed by atoms with Gasteiger partial charge in [0.2, 0.25) is 0 Å². The van der Waals surface area contributed by atoms with Crippen molar-refractivity contribution >= 4 is 11.7 Å². The number of amides is 1. The molecule has 3 heterocycles. The molecule has 2 aliphatic heterocycles. The van der Waals surface area contributed by atoms with Crippen LogP contribution in [0.25, 0.3) is 0 Å². The summed E-state index contributed by atoms with van der Waals surface area (Å²) in [4.78, 5) is 24.5. The molecule has 4 rings (SSSR count). The predicted octanol–water partition coefficient (Wildman–Crippen LogP) is 2.23. The number of nitriles is 1. The maximum atomic E-state index is 14.0. The first-order chi connectivity index (χ1) is 12.7. The van der Waals surface area contributed by atoms with Gasteiger partial charge in [0.05, 0.1) is 23.9 Å². The molecule has 2 fully saturated rings. The molecule has 132 valence electrons. The van der Waals surface area contributed by atoms with Crippen molar-refractivity contribution in [2.24, 2.45) is 5.92 Å². The van der Waals surface area contributed by atoms with E-state index in [4.69, 9.17) is 5.26 Å². The number of likely N-dealkylation sites (tertiary alicyclic amines) is 1. The summed E-state index contributed by atoms with van der Waals surface area (Å²) < 4.78 is 14.0. The monoisotopic (exact) mass is 351 g/mol. The van der Waals surface area contributed by atoms with Gasteiger partial charge >= 0.3 is 0 Å². The first kappa shape index (κ1) is 16.5. The minimum absolute atomic E-state index is 0.0352. The third kappa shape index (κ3) is 2.88. The van der Waals surface area contributed by atoms with E-state index in [1.165, 1.54) is 12.5 Å². The molecule has 6 nitrogen and oxygen atoms in total. The Bertz CT molecular complexity index is 863. The Morgan fingerprint density at radius 1 is 1.23 bits per heavy atom. The van der Waals surface area contributed by atoms with Crippen LogP contribution in [0.2, 0.25) is 0 Å². The molecule has 7 heteroatoms. The molecule has 0 bridgehead atoms. The Labute approximate surface area is 150 Å². The summed E-state index contributed by atoms with van der Waals surface area (Å²) in [6.45, 7) is 2.00. The number of fused-ring (bicyclic) bond motifs is 1. The fourth-order valence-electron chi connectivity index (χ4n) is 3.98. The number of piperidine rings is 1. The number of carbonyl (C=O) groups is 1. The molecule has 0 aliphatic carbocycles. The molecule has 2 atom stereocenters. The van der Waals surface area contributed by atoms with Gasteiger partial charge in [-0.05, 0) is 43.0 Å². The third-order valence-corrected chi connectivity index (χ3v) is 5.33. The van der Waals surface area contributed by atoms with E-state index >= 15 is 0 Å². The lowest BCUT2D eigenvalue weighted by molar-refractivity contribution is 0.0712. The molecule has 0 spiro atoms. The standard InChI is InChI=1S/C19H18FN5O/c20-16-10-22-12-23-18(16)24-7-5-14-6-8-25(17(14)11-24)19(26)15-3-1-13(9-21)2-4-15/h1-4,10,12,14,17H,5-8,11H2. The molecule has 0 radical (unpaired) electrons. The van der Waals surface area contributed by atoms with Crippen LogP contribution in [-0.2, 0) is 0 Å². The number of rotatable bonds is 2. The predicted molar refractivity (Wildman–Crippen MR) is 92.9 cm³/mol. The number of halogens is 1. The van der Waals surface area contributed by atoms with Gasteiger partial charge in [0.15, 0.2) is 11.6 Å². The summed E-state index contributed by atoms with van der Waals surface area (Å²) in [5.41, 5.74) is 1.11. The van der Waals surface area contributed by atoms with Crippen molar-refractivity contribution in [1.82, 2.24) is 14.9 Å². The number of nitrogens with zero attached hydrogens (tertiary/aromatic N) is 5. The SMILES string of the molecule is N#Cc1ccc(C(=O)N2CCC3CCN(c4ncncc4F)CC32)cc1. The van der Waals surface area contributed by atoms with Gasteiger partial charge in [-0.2, -0.15) is 5.26 Å². The molecule has 1 amide bonds. The van der Waals surface area contributed by atoms with Gasteiger partial charge in [0.1, 0.15) is 6.33 Å². The molecule has 2 unspecified atom stereocenters. The number of carbonyl (C=O) groups excluding carboxylic acids is 1. The van der Waals surface area contributed by atoms with Crippen molar-refractivity contribution in [3.05, 3.63) is 53.7 Å². The second-order valence-corrected chi connectivity index (χ2v) is 6.73. The van der Waals surface area contributed by atoms with E-state index in [1.807, 2.05) is 9.80 Å². The lowest BCUT2D eigenvalue weighted by atomic mass is 9.92. The van der Waals surface area contributed by atoms with Gasteiger partial charge in [-0.3, -0.25) is 4.79 Å². The van der Waals surface area contributed by atoms with Crippen LogP contribution in [0.15, 0.2) is 36.8 Å². The molecule has 0 saturated carbocycles. The average molecular weight is 351 g/mol. The number of anilines is 1. The van der Waals surface area contributed by atoms with E-state index in [2.05, 4.69) is 16.0 Å². The van der Waals surface area contributed by atoms with Gasteiger partial charge in [0.25, 0.3) is 5.91 Å². The van der Waals surface area contributed by atoms with Crippen molar-refractivity contribution in [3.63, 3.8) is 0 Å². The quantitative estimate of drug-likeness (QED) is 0.830. The van der Waals surface area contributed by atoms with Crippen LogP contribution in [0.5, 0.6) is 0 Å². The van der Waals surface area contributed by atoms with E-state index in [9.17, 15) is 9.18 Å². The van der Waals surface area contributed by atoms with E-state index in [-0.39, 0.29) is 11.9 Å². The van der Waals surface area contributed by atoms with Crippen LogP contribution < -0.4 is 4.90 Å². The Hall–Kier alpha value is -3.01. The third-order valence-electron chi connectivity index (χ3n) is 5.33. The zero-order valence-electron chi connectivity index (χ0n) is 14.2. The van der Waals surface area contributed by atoms with Crippen LogP contribution in [-0.4, -0.2) is 46.5 Å². The average Bonchev–Trinajstić information content (AvgIpc) is 3.11. The summed E-state index contributed by atoms with van der Waals surface area (Å²) in [6.07, 6.45) is 4.39. The molecule has 1 aromatic heterocycles. The lowest BCUT2D eigenvalue weighted by Crippen LogP contribution is -2.50. The van der Waals surface area contributed by atoms with Crippen LogP contribution in [0.3, 0.4) is 0 Å². The normalized spacial score (nSPS) is 22.0. The maximum Gasteiger partial charge on any atom is 0.254 e. The van der Waals surface area contributed by atoms with Crippen molar-refractivity contribution < 1.29 is 9.18 Å². The summed E-state index contributed by atoms with van der Waals surface area (Å²) >= 11 is 0. The number of aromatic nitrogens is 2. The number of benzene rings is 1. The minimum Gasteiger partial charge on any atom is -0.352 e. The van der Waals surface area contributed by atoms with Crippen molar-refractivity contribution in [2.45, 2.75) is 18.9 Å². The Morgan fingerprint density at radius 2 is 2.00 bits per heavy atom. The van der Waals surface area contributed by atoms with Crippen LogP contribution in [0.4, 0.5) is 10.2 Å². The minimum atomic E-state index is -0.436. The van der Waals surface area contributed by atoms with Gasteiger partial charge in [-0.25, -0.2) is 14.4 Å². The Morgan fingerprint density at radius 3 is 2.73 bits per heavy atom. The molecule has 0 N–H and O–H groups in total. The second kappa shape index (κ2) is 6.71. The highest BCUT2D eigenvalue weighted by Gasteiger charge is 2.41. The van der Waals surface area contributed by atoms with Gasteiger partial charge < -0.3 is 9.80 Å². The van der Waals surface area contributed by atoms with E-state index < -0.39 is 5.82 Å². The summed E-state index contributed by atoms with van der Waals surface area (Å²) in [7, 11) is 0. The molecule has 2 saturated heterocycles. The maximum absolute atomic E-state index is 14.0. The fourth-order valence-corrected chi connectivity index (χ4v) is 3.98. The van der Waals surface area contributed by atoms with Crippen molar-refractivity contribution in [3.8, 4) is 6.07 Å². The molecule has 2 aliphatic rings. The van der Waals surface area contributed by atoms with Crippen LogP contribution >= 0.6 is 0 Å². The molecule has 2 aromatic rings. The Balaban J connectivity index is 1.54. The molecule has 26 heavy (non-hydrogen) atoms. The van der Waals surface area contributed by atoms with Gasteiger partial charge in [0, 0.05) is 25.2 Å². The molecular formula is C19H18FN5O. The van der Waals surface area contributed by atoms with Crippen LogP contribution in [0, 0.1) is 23.1 Å². The van der Waals surface area contributed by atoms with E-state index in [0.29, 0.717) is 36.0 Å². The highest BCUT2D eigenvalue weighted by Crippen LogP contribution is 2.34. The fraction of sp³-hybridized carbons (Fsp3) is 0.368. The van der Waals surface area contributed by atoms with E-state index in [1.54, 1.807) is 24.3 Å². The van der Waals surface area contributed by atoms with Crippen LogP contribution in [0.1, 0.15) is 28.8 Å². The zero-order valence-corrected chi connectivity index (χ0v) is 14.2. The van der Waals surface area contributed by atoms with Gasteiger partial charge in [-0.15, -0.1) is 0 Å². The van der Waals surface area contributed by atoms with E-state index in [0.717, 1.165) is 19.4 Å². The first-order valence-electron chi connectivity index (χ1n) is 8.69. The first-order valence-corrected chi connectivity index (χ1v) is 8.69. The topological polar surface area (TPSA) is 73.1 Å². The largest absolute Gasteiger partial charge is 0.352 e. The van der Waals surface area contributed by atoms with Crippen molar-refractivity contribution in [2.75, 3.05) is 24.5 Å². The summed E-state index contributed by atoms with van der Waals surface area (Å²) in [5.74, 6) is 0.260. The van der Waals surface area contributed by atoms with Crippen molar-refractivity contribution in [1.29, 1.82) is 5.26 Å². The zero-order chi connectivity index (χ0) is 18.1. The van der Waals surface area contributed by atoms with Gasteiger partial charge in [-0.1, -0.05) is 0 Å². The summed E-state index contributed by atoms with van der Waals surface area (Å²) in [6, 6.07) is 8.80. The number of hydrogen-bond donors (Lipinski definition) is 0. The smallest absolute Gasteiger partial charge is 0.254 e. The molecule has 1 aromatic carbocycles. The second-order valence-electron chi connectivity index (χ2n) is 6.73. The lowest BCUT2D eigenvalue weighted by Gasteiger charge is -2.39.